The number of hydrogen-bond acceptors (Lipinski definition) is 5. The van der Waals surface area contributed by atoms with Crippen molar-refractivity contribution in [2.24, 2.45) is 5.92 Å². The Morgan fingerprint density at radius 1 is 1.32 bits per heavy atom. The Morgan fingerprint density at radius 3 is 2.54 bits per heavy atom. The van der Waals surface area contributed by atoms with Crippen molar-refractivity contribution in [3.63, 3.8) is 0 Å². The van der Waals surface area contributed by atoms with Crippen LogP contribution in [0.3, 0.4) is 0 Å². The maximum Gasteiger partial charge on any atom is 0.251 e. The van der Waals surface area contributed by atoms with Crippen LogP contribution in [0.25, 0.3) is 0 Å². The minimum Gasteiger partial charge on any atom is -0.493 e. The lowest BCUT2D eigenvalue weighted by Gasteiger charge is -2.18. The molecule has 1 amide bonds. The minimum absolute atomic E-state index is 0.308. The molecule has 1 N–H and O–H groups in total. The summed E-state index contributed by atoms with van der Waals surface area (Å²) < 4.78 is 35.5. The highest BCUT2D eigenvalue weighted by Crippen LogP contribution is 2.36. The molecule has 1 rings (SSSR count). The first-order valence-corrected chi connectivity index (χ1v) is 11.6. The van der Waals surface area contributed by atoms with Gasteiger partial charge in [0, 0.05) is 25.2 Å². The zero-order valence-corrected chi connectivity index (χ0v) is 18.8. The van der Waals surface area contributed by atoms with Crippen LogP contribution in [0.2, 0.25) is 5.02 Å². The zero-order valence-electron chi connectivity index (χ0n) is 17.2. The van der Waals surface area contributed by atoms with E-state index in [1.54, 1.807) is 19.1 Å². The van der Waals surface area contributed by atoms with Gasteiger partial charge in [-0.3, -0.25) is 4.79 Å². The van der Waals surface area contributed by atoms with Crippen molar-refractivity contribution in [3.8, 4) is 11.5 Å². The van der Waals surface area contributed by atoms with Crippen molar-refractivity contribution in [2.75, 3.05) is 39.6 Å². The molecule has 7 nitrogen and oxygen atoms in total. The third kappa shape index (κ3) is 7.85. The van der Waals surface area contributed by atoms with Crippen molar-refractivity contribution in [3.05, 3.63) is 22.7 Å². The van der Waals surface area contributed by atoms with Gasteiger partial charge >= 0.3 is 0 Å². The number of methoxy groups -OCH3 is 1. The molecule has 0 aliphatic heterocycles. The molecule has 0 radical (unpaired) electrons. The van der Waals surface area contributed by atoms with Gasteiger partial charge in [0.1, 0.15) is 0 Å². The molecule has 0 heterocycles. The minimum atomic E-state index is -3.23. The molecule has 0 saturated heterocycles. The van der Waals surface area contributed by atoms with E-state index in [1.807, 2.05) is 0 Å². The summed E-state index contributed by atoms with van der Waals surface area (Å²) in [6.07, 6.45) is 2.56. The van der Waals surface area contributed by atoms with Crippen LogP contribution >= 0.6 is 11.6 Å². The summed E-state index contributed by atoms with van der Waals surface area (Å²) in [6.45, 7) is 7.58. The van der Waals surface area contributed by atoms with Gasteiger partial charge in [-0.05, 0) is 30.9 Å². The number of carbonyl (C=O) groups is 1. The second-order valence-corrected chi connectivity index (χ2v) is 9.27. The summed E-state index contributed by atoms with van der Waals surface area (Å²) in [5.74, 6) is 1.02. The molecule has 0 unspecified atom stereocenters. The summed E-state index contributed by atoms with van der Waals surface area (Å²) in [7, 11) is -1.73. The summed E-state index contributed by atoms with van der Waals surface area (Å²) in [4.78, 5) is 12.4. The van der Waals surface area contributed by atoms with E-state index in [1.165, 1.54) is 17.7 Å². The number of hydrogen-bond donors (Lipinski definition) is 1. The number of ether oxygens (including phenoxy) is 2. The van der Waals surface area contributed by atoms with E-state index >= 15 is 0 Å². The van der Waals surface area contributed by atoms with Gasteiger partial charge in [0.05, 0.1) is 25.0 Å². The SMILES string of the molecule is CCN(CCCNC(=O)c1cc(Cl)c(OCCC(C)C)c(OC)c1)S(C)(=O)=O. The average Bonchev–Trinajstić information content (AvgIpc) is 2.60. The highest BCUT2D eigenvalue weighted by molar-refractivity contribution is 7.88. The van der Waals surface area contributed by atoms with E-state index in [2.05, 4.69) is 19.2 Å². The van der Waals surface area contributed by atoms with Crippen LogP contribution in [0.4, 0.5) is 0 Å². The molecule has 0 aliphatic rings. The van der Waals surface area contributed by atoms with E-state index in [0.29, 0.717) is 60.7 Å². The van der Waals surface area contributed by atoms with Crippen molar-refractivity contribution in [1.29, 1.82) is 0 Å². The number of nitrogens with zero attached hydrogens (tertiary/aromatic N) is 1. The van der Waals surface area contributed by atoms with Gasteiger partial charge in [-0.15, -0.1) is 0 Å². The van der Waals surface area contributed by atoms with Crippen LogP contribution in [-0.2, 0) is 10.0 Å². The normalized spacial score (nSPS) is 11.7. The second kappa shape index (κ2) is 11.5. The third-order valence-corrected chi connectivity index (χ3v) is 5.78. The Bertz CT molecular complexity index is 753. The van der Waals surface area contributed by atoms with Crippen molar-refractivity contribution in [2.45, 2.75) is 33.6 Å². The number of rotatable bonds is 12. The lowest BCUT2D eigenvalue weighted by molar-refractivity contribution is 0.0952. The Hall–Kier alpha value is -1.51. The quantitative estimate of drug-likeness (QED) is 0.510. The largest absolute Gasteiger partial charge is 0.493 e. The Morgan fingerprint density at radius 2 is 2.00 bits per heavy atom. The molecule has 0 atom stereocenters. The molecule has 9 heteroatoms. The number of carbonyl (C=O) groups excluding carboxylic acids is 1. The van der Waals surface area contributed by atoms with E-state index in [9.17, 15) is 13.2 Å². The molecule has 160 valence electrons. The van der Waals surface area contributed by atoms with Crippen molar-refractivity contribution in [1.82, 2.24) is 9.62 Å². The van der Waals surface area contributed by atoms with Crippen LogP contribution < -0.4 is 14.8 Å². The second-order valence-electron chi connectivity index (χ2n) is 6.88. The van der Waals surface area contributed by atoms with Gasteiger partial charge in [0.2, 0.25) is 10.0 Å². The van der Waals surface area contributed by atoms with Crippen molar-refractivity contribution < 1.29 is 22.7 Å². The van der Waals surface area contributed by atoms with E-state index in [-0.39, 0.29) is 5.91 Å². The molecule has 0 bridgehead atoms. The van der Waals surface area contributed by atoms with E-state index < -0.39 is 10.0 Å². The first-order chi connectivity index (χ1) is 13.1. The Kier molecular flexibility index (Phi) is 10.1. The van der Waals surface area contributed by atoms with Gasteiger partial charge < -0.3 is 14.8 Å². The van der Waals surface area contributed by atoms with E-state index in [4.69, 9.17) is 21.1 Å². The van der Waals surface area contributed by atoms with Gasteiger partial charge in [0.15, 0.2) is 11.5 Å². The first kappa shape index (κ1) is 24.5. The summed E-state index contributed by atoms with van der Waals surface area (Å²) >= 11 is 6.29. The molecule has 0 aliphatic carbocycles. The van der Waals surface area contributed by atoms with Crippen LogP contribution in [-0.4, -0.2) is 58.2 Å². The van der Waals surface area contributed by atoms with Crippen molar-refractivity contribution >= 4 is 27.5 Å². The maximum absolute atomic E-state index is 12.4. The Balaban J connectivity index is 2.69. The maximum atomic E-state index is 12.4. The predicted molar refractivity (Wildman–Crippen MR) is 112 cm³/mol. The molecule has 28 heavy (non-hydrogen) atoms. The van der Waals surface area contributed by atoms with Crippen LogP contribution in [0.15, 0.2) is 12.1 Å². The van der Waals surface area contributed by atoms with Crippen LogP contribution in [0.5, 0.6) is 11.5 Å². The standard InChI is InChI=1S/C19H31ClN2O5S/c1-6-22(28(5,24)25)10-7-9-21-19(23)15-12-16(20)18(17(13-15)26-4)27-11-8-14(2)3/h12-14H,6-11H2,1-5H3,(H,21,23). The molecule has 0 saturated carbocycles. The topological polar surface area (TPSA) is 84.9 Å². The number of nitrogens with one attached hydrogen (secondary N) is 1. The first-order valence-electron chi connectivity index (χ1n) is 9.33. The van der Waals surface area contributed by atoms with Gasteiger partial charge in [0.25, 0.3) is 5.91 Å². The molecular weight excluding hydrogens is 404 g/mol. The fraction of sp³-hybridized carbons (Fsp3) is 0.632. The van der Waals surface area contributed by atoms with Gasteiger partial charge in [-0.2, -0.15) is 0 Å². The van der Waals surface area contributed by atoms with Crippen LogP contribution in [0, 0.1) is 5.92 Å². The fourth-order valence-electron chi connectivity index (χ4n) is 2.51. The zero-order chi connectivity index (χ0) is 21.3. The summed E-state index contributed by atoms with van der Waals surface area (Å²) in [5.41, 5.74) is 0.355. The smallest absolute Gasteiger partial charge is 0.251 e. The number of benzene rings is 1. The third-order valence-electron chi connectivity index (χ3n) is 4.12. The van der Waals surface area contributed by atoms with E-state index in [0.717, 1.165) is 6.42 Å². The van der Waals surface area contributed by atoms with Gasteiger partial charge in [-0.25, -0.2) is 12.7 Å². The number of amides is 1. The number of halogens is 1. The molecule has 1 aromatic rings. The molecule has 0 fully saturated rings. The molecule has 1 aromatic carbocycles. The fourth-order valence-corrected chi connectivity index (χ4v) is 3.70. The average molecular weight is 435 g/mol. The molecule has 0 spiro atoms. The predicted octanol–water partition coefficient (Wildman–Crippen LogP) is 3.17. The molecular formula is C19H31ClN2O5S. The summed E-state index contributed by atoms with van der Waals surface area (Å²) in [5, 5.41) is 3.08. The number of sulfonamides is 1. The molecule has 0 aromatic heterocycles. The van der Waals surface area contributed by atoms with Gasteiger partial charge in [-0.1, -0.05) is 32.4 Å². The lowest BCUT2D eigenvalue weighted by atomic mass is 10.1. The monoisotopic (exact) mass is 434 g/mol. The Labute approximate surface area is 173 Å². The summed E-state index contributed by atoms with van der Waals surface area (Å²) in [6, 6.07) is 3.12. The highest BCUT2D eigenvalue weighted by Gasteiger charge is 2.17. The highest BCUT2D eigenvalue weighted by atomic mass is 35.5. The lowest BCUT2D eigenvalue weighted by Crippen LogP contribution is -2.33. The van der Waals surface area contributed by atoms with Crippen LogP contribution in [0.1, 0.15) is 44.0 Å².